The quantitative estimate of drug-likeness (QED) is 0.697. The summed E-state index contributed by atoms with van der Waals surface area (Å²) in [6.45, 7) is 8.45. The third kappa shape index (κ3) is 5.84. The molecule has 1 rings (SSSR count). The van der Waals surface area contributed by atoms with Crippen LogP contribution in [0.5, 0.6) is 0 Å². The molecule has 23 heavy (non-hydrogen) atoms. The number of aliphatic carboxylic acids is 2. The smallest absolute Gasteiger partial charge is 0.309 e. The van der Waals surface area contributed by atoms with E-state index in [9.17, 15) is 19.5 Å². The normalized spacial score (nSPS) is 25.2. The van der Waals surface area contributed by atoms with Crippen LogP contribution >= 0.6 is 0 Å². The van der Waals surface area contributed by atoms with E-state index in [0.29, 0.717) is 12.3 Å². The lowest BCUT2D eigenvalue weighted by molar-refractivity contribution is -0.165. The molecule has 0 saturated heterocycles. The number of carboxylic acids is 2. The van der Waals surface area contributed by atoms with E-state index in [0.717, 1.165) is 6.42 Å². The van der Waals surface area contributed by atoms with Crippen LogP contribution in [0, 0.1) is 29.1 Å². The van der Waals surface area contributed by atoms with E-state index >= 15 is 0 Å². The van der Waals surface area contributed by atoms with E-state index in [4.69, 9.17) is 9.84 Å². The van der Waals surface area contributed by atoms with E-state index in [2.05, 4.69) is 13.8 Å². The number of carboxylic acid groups (broad SMARTS) is 2. The van der Waals surface area contributed by atoms with Gasteiger partial charge in [-0.1, -0.05) is 27.7 Å². The van der Waals surface area contributed by atoms with Crippen LogP contribution in [-0.4, -0.2) is 34.7 Å². The third-order valence-electron chi connectivity index (χ3n) is 4.39. The first-order valence-electron chi connectivity index (χ1n) is 8.15. The molecule has 132 valence electrons. The van der Waals surface area contributed by atoms with Crippen molar-refractivity contribution in [3.63, 3.8) is 0 Å². The first-order valence-corrected chi connectivity index (χ1v) is 8.15. The average molecular weight is 328 g/mol. The molecular formula is C17H28O6. The lowest BCUT2D eigenvalue weighted by atomic mass is 9.74. The Bertz CT molecular complexity index is 454. The first kappa shape index (κ1) is 19.5. The number of hydrogen-bond donors (Lipinski definition) is 2. The molecule has 1 aliphatic carbocycles. The summed E-state index contributed by atoms with van der Waals surface area (Å²) < 4.78 is 5.37. The van der Waals surface area contributed by atoms with Crippen molar-refractivity contribution in [2.24, 2.45) is 29.1 Å². The fourth-order valence-electron chi connectivity index (χ4n) is 3.49. The van der Waals surface area contributed by atoms with Gasteiger partial charge in [-0.15, -0.1) is 0 Å². The van der Waals surface area contributed by atoms with Crippen molar-refractivity contribution in [2.45, 2.75) is 53.4 Å². The summed E-state index contributed by atoms with van der Waals surface area (Å²) in [5.74, 6) is -4.60. The topological polar surface area (TPSA) is 101 Å². The SMILES string of the molecule is CC(C)CC(C)(C)COC(=O)C1CCC(C(=O)O)CC1C(=O)O. The molecule has 0 aliphatic heterocycles. The van der Waals surface area contributed by atoms with Crippen molar-refractivity contribution >= 4 is 17.9 Å². The van der Waals surface area contributed by atoms with Gasteiger partial charge in [-0.05, 0) is 37.0 Å². The highest BCUT2D eigenvalue weighted by atomic mass is 16.5. The summed E-state index contributed by atoms with van der Waals surface area (Å²) in [4.78, 5) is 34.7. The van der Waals surface area contributed by atoms with Crippen molar-refractivity contribution in [3.8, 4) is 0 Å². The van der Waals surface area contributed by atoms with Crippen LogP contribution in [0.15, 0.2) is 0 Å². The molecule has 0 aromatic heterocycles. The van der Waals surface area contributed by atoms with Crippen molar-refractivity contribution < 1.29 is 29.3 Å². The highest BCUT2D eigenvalue weighted by molar-refractivity contribution is 5.82. The van der Waals surface area contributed by atoms with Gasteiger partial charge in [0, 0.05) is 0 Å². The summed E-state index contributed by atoms with van der Waals surface area (Å²) in [6.07, 6.45) is 1.44. The van der Waals surface area contributed by atoms with Crippen molar-refractivity contribution in [2.75, 3.05) is 6.61 Å². The maximum atomic E-state index is 12.3. The molecule has 1 aliphatic rings. The molecule has 0 heterocycles. The van der Waals surface area contributed by atoms with Gasteiger partial charge < -0.3 is 14.9 Å². The van der Waals surface area contributed by atoms with E-state index in [1.54, 1.807) is 0 Å². The molecule has 3 unspecified atom stereocenters. The zero-order valence-corrected chi connectivity index (χ0v) is 14.4. The van der Waals surface area contributed by atoms with Gasteiger partial charge in [-0.3, -0.25) is 14.4 Å². The van der Waals surface area contributed by atoms with Gasteiger partial charge in [0.05, 0.1) is 24.4 Å². The molecule has 0 aromatic carbocycles. The maximum Gasteiger partial charge on any atom is 0.309 e. The number of esters is 1. The van der Waals surface area contributed by atoms with Crippen LogP contribution in [0.1, 0.15) is 53.4 Å². The summed E-state index contributed by atoms with van der Waals surface area (Å²) in [7, 11) is 0. The van der Waals surface area contributed by atoms with Crippen molar-refractivity contribution in [1.82, 2.24) is 0 Å². The van der Waals surface area contributed by atoms with E-state index in [1.165, 1.54) is 0 Å². The molecule has 1 saturated carbocycles. The van der Waals surface area contributed by atoms with Crippen molar-refractivity contribution in [3.05, 3.63) is 0 Å². The number of rotatable bonds is 7. The zero-order chi connectivity index (χ0) is 17.8. The Morgan fingerprint density at radius 1 is 1.09 bits per heavy atom. The fourth-order valence-corrected chi connectivity index (χ4v) is 3.49. The number of carbonyl (C=O) groups excluding carboxylic acids is 1. The first-order chi connectivity index (χ1) is 10.5. The molecular weight excluding hydrogens is 300 g/mol. The molecule has 0 bridgehead atoms. The van der Waals surface area contributed by atoms with Gasteiger partial charge in [0.25, 0.3) is 0 Å². The molecule has 6 nitrogen and oxygen atoms in total. The summed E-state index contributed by atoms with van der Waals surface area (Å²) >= 11 is 0. The highest BCUT2D eigenvalue weighted by Gasteiger charge is 2.42. The van der Waals surface area contributed by atoms with Crippen LogP contribution in [0.3, 0.4) is 0 Å². The fraction of sp³-hybridized carbons (Fsp3) is 0.824. The third-order valence-corrected chi connectivity index (χ3v) is 4.39. The molecule has 0 aromatic rings. The standard InChI is InChI=1S/C17H28O6/c1-10(2)8-17(3,4)9-23-16(22)12-6-5-11(14(18)19)7-13(12)15(20)21/h10-13H,5-9H2,1-4H3,(H,18,19)(H,20,21). The largest absolute Gasteiger partial charge is 0.481 e. The van der Waals surface area contributed by atoms with Gasteiger partial charge in [0.2, 0.25) is 0 Å². The Morgan fingerprint density at radius 2 is 1.70 bits per heavy atom. The highest BCUT2D eigenvalue weighted by Crippen LogP contribution is 2.36. The summed E-state index contributed by atoms with van der Waals surface area (Å²) in [5, 5.41) is 18.4. The minimum atomic E-state index is -1.13. The molecule has 0 spiro atoms. The second-order valence-electron chi connectivity index (χ2n) is 7.77. The summed E-state index contributed by atoms with van der Waals surface area (Å²) in [5.41, 5.74) is -0.166. The Labute approximate surface area is 137 Å². The van der Waals surface area contributed by atoms with Crippen LogP contribution in [0.4, 0.5) is 0 Å². The van der Waals surface area contributed by atoms with E-state index in [-0.39, 0.29) is 24.9 Å². The molecule has 1 fully saturated rings. The molecule has 2 N–H and O–H groups in total. The number of ether oxygens (including phenoxy) is 1. The molecule has 0 radical (unpaired) electrons. The molecule has 6 heteroatoms. The monoisotopic (exact) mass is 328 g/mol. The lowest BCUT2D eigenvalue weighted by Crippen LogP contribution is -2.39. The minimum Gasteiger partial charge on any atom is -0.481 e. The Morgan fingerprint density at radius 3 is 2.17 bits per heavy atom. The van der Waals surface area contributed by atoms with E-state index < -0.39 is 35.7 Å². The zero-order valence-electron chi connectivity index (χ0n) is 14.4. The maximum absolute atomic E-state index is 12.3. The van der Waals surface area contributed by atoms with Gasteiger partial charge >= 0.3 is 17.9 Å². The Kier molecular flexibility index (Phi) is 6.59. The van der Waals surface area contributed by atoms with Crippen LogP contribution in [0.25, 0.3) is 0 Å². The summed E-state index contributed by atoms with van der Waals surface area (Å²) in [6, 6.07) is 0. The van der Waals surface area contributed by atoms with Crippen molar-refractivity contribution in [1.29, 1.82) is 0 Å². The number of carbonyl (C=O) groups is 3. The van der Waals surface area contributed by atoms with Crippen LogP contribution < -0.4 is 0 Å². The lowest BCUT2D eigenvalue weighted by Gasteiger charge is -2.32. The van der Waals surface area contributed by atoms with Gasteiger partial charge in [0.1, 0.15) is 0 Å². The Hall–Kier alpha value is -1.59. The minimum absolute atomic E-state index is 0.0141. The van der Waals surface area contributed by atoms with Crippen LogP contribution in [-0.2, 0) is 19.1 Å². The Balaban J connectivity index is 2.67. The molecule has 0 amide bonds. The molecule has 3 atom stereocenters. The second kappa shape index (κ2) is 7.79. The number of hydrogen-bond acceptors (Lipinski definition) is 4. The van der Waals surface area contributed by atoms with Crippen LogP contribution in [0.2, 0.25) is 0 Å². The average Bonchev–Trinajstić information content (AvgIpc) is 2.42. The van der Waals surface area contributed by atoms with E-state index in [1.807, 2.05) is 13.8 Å². The second-order valence-corrected chi connectivity index (χ2v) is 7.77. The predicted molar refractivity (Wildman–Crippen MR) is 83.8 cm³/mol. The van der Waals surface area contributed by atoms with Gasteiger partial charge in [-0.25, -0.2) is 0 Å². The van der Waals surface area contributed by atoms with Gasteiger partial charge in [0.15, 0.2) is 0 Å². The predicted octanol–water partition coefficient (Wildman–Crippen LogP) is 2.80. The van der Waals surface area contributed by atoms with Gasteiger partial charge in [-0.2, -0.15) is 0 Å².